The van der Waals surface area contributed by atoms with Crippen LogP contribution in [0.5, 0.6) is 0 Å². The van der Waals surface area contributed by atoms with Crippen molar-refractivity contribution in [2.24, 2.45) is 5.92 Å². The van der Waals surface area contributed by atoms with Crippen LogP contribution in [0.1, 0.15) is 35.6 Å². The van der Waals surface area contributed by atoms with E-state index in [1.54, 1.807) is 24.3 Å². The molecule has 1 heterocycles. The van der Waals surface area contributed by atoms with Gasteiger partial charge < -0.3 is 4.57 Å². The number of hydrogen-bond acceptors (Lipinski definition) is 4. The molecule has 0 saturated carbocycles. The molecule has 0 aliphatic heterocycles. The number of aryl methyl sites for hydroxylation is 1. The van der Waals surface area contributed by atoms with E-state index in [0.29, 0.717) is 16.5 Å². The summed E-state index contributed by atoms with van der Waals surface area (Å²) in [6.07, 6.45) is 0. The molecule has 2 aromatic rings. The first-order chi connectivity index (χ1) is 12.3. The molecule has 0 atom stereocenters. The summed E-state index contributed by atoms with van der Waals surface area (Å²) in [5.41, 5.74) is 7.30. The topological polar surface area (TPSA) is 76.0 Å². The fraction of sp³-hybridized carbons (Fsp3) is 0.389. The average molecular weight is 395 g/mol. The van der Waals surface area contributed by atoms with Crippen molar-refractivity contribution in [1.29, 1.82) is 0 Å². The highest BCUT2D eigenvalue weighted by Gasteiger charge is 2.14. The first kappa shape index (κ1) is 20.3. The Kier molecular flexibility index (Phi) is 7.11. The van der Waals surface area contributed by atoms with Gasteiger partial charge in [-0.2, -0.15) is 0 Å². The number of nitrogens with zero attached hydrogens (tertiary/aromatic N) is 2. The van der Waals surface area contributed by atoms with Gasteiger partial charge in [-0.3, -0.25) is 20.4 Å². The summed E-state index contributed by atoms with van der Waals surface area (Å²) in [4.78, 5) is 28.5. The van der Waals surface area contributed by atoms with Crippen LogP contribution in [0.3, 0.4) is 0 Å². The van der Waals surface area contributed by atoms with Gasteiger partial charge in [0.05, 0.1) is 11.4 Å². The predicted molar refractivity (Wildman–Crippen MR) is 104 cm³/mol. The van der Waals surface area contributed by atoms with Crippen molar-refractivity contribution in [1.82, 2.24) is 20.4 Å². The number of rotatable bonds is 6. The fourth-order valence-corrected chi connectivity index (χ4v) is 3.31. The van der Waals surface area contributed by atoms with Crippen molar-refractivity contribution in [2.75, 3.05) is 5.75 Å². The largest absolute Gasteiger partial charge is 0.323 e. The highest BCUT2D eigenvalue weighted by molar-refractivity contribution is 7.99. The van der Waals surface area contributed by atoms with Crippen LogP contribution in [0.15, 0.2) is 29.4 Å². The van der Waals surface area contributed by atoms with Crippen LogP contribution in [0.4, 0.5) is 0 Å². The van der Waals surface area contributed by atoms with Crippen LogP contribution in [0.2, 0.25) is 5.02 Å². The molecule has 0 bridgehead atoms. The molecule has 8 heteroatoms. The van der Waals surface area contributed by atoms with E-state index in [0.717, 1.165) is 23.1 Å². The van der Waals surface area contributed by atoms with Crippen molar-refractivity contribution >= 4 is 35.2 Å². The number of thioether (sulfide) groups is 1. The molecule has 0 unspecified atom stereocenters. The number of hydrazine groups is 1. The number of halogens is 1. The lowest BCUT2D eigenvalue weighted by atomic mass is 10.2. The van der Waals surface area contributed by atoms with Gasteiger partial charge in [0.15, 0.2) is 5.16 Å². The molecule has 0 fully saturated rings. The molecule has 0 aliphatic rings. The van der Waals surface area contributed by atoms with E-state index in [1.165, 1.54) is 11.8 Å². The van der Waals surface area contributed by atoms with Crippen LogP contribution < -0.4 is 10.9 Å². The Morgan fingerprint density at radius 2 is 1.85 bits per heavy atom. The van der Waals surface area contributed by atoms with Gasteiger partial charge in [0.25, 0.3) is 5.91 Å². The third-order valence-corrected chi connectivity index (χ3v) is 4.95. The third kappa shape index (κ3) is 5.51. The zero-order chi connectivity index (χ0) is 19.3. The number of imidazole rings is 1. The molecule has 0 radical (unpaired) electrons. The maximum absolute atomic E-state index is 12.0. The summed E-state index contributed by atoms with van der Waals surface area (Å²) in [6, 6.07) is 6.42. The molecule has 0 saturated heterocycles. The second-order valence-corrected chi connectivity index (χ2v) is 7.75. The number of amides is 2. The van der Waals surface area contributed by atoms with Crippen molar-refractivity contribution in [3.63, 3.8) is 0 Å². The zero-order valence-corrected chi connectivity index (χ0v) is 16.9. The molecule has 0 spiro atoms. The normalized spacial score (nSPS) is 10.8. The van der Waals surface area contributed by atoms with Crippen LogP contribution >= 0.6 is 23.4 Å². The van der Waals surface area contributed by atoms with Gasteiger partial charge in [0.1, 0.15) is 0 Å². The summed E-state index contributed by atoms with van der Waals surface area (Å²) in [5.74, 6) is -0.0524. The van der Waals surface area contributed by atoms with Crippen LogP contribution in [-0.2, 0) is 11.3 Å². The highest BCUT2D eigenvalue weighted by Crippen LogP contribution is 2.22. The Bertz CT molecular complexity index is 787. The molecule has 6 nitrogen and oxygen atoms in total. The van der Waals surface area contributed by atoms with E-state index in [4.69, 9.17) is 11.6 Å². The zero-order valence-electron chi connectivity index (χ0n) is 15.3. The molecule has 26 heavy (non-hydrogen) atoms. The molecule has 1 aromatic heterocycles. The Morgan fingerprint density at radius 1 is 1.19 bits per heavy atom. The fourth-order valence-electron chi connectivity index (χ4n) is 2.28. The Balaban J connectivity index is 1.88. The molecular formula is C18H23ClN4O2S. The summed E-state index contributed by atoms with van der Waals surface area (Å²) in [5, 5.41) is 1.36. The van der Waals surface area contributed by atoms with Gasteiger partial charge >= 0.3 is 0 Å². The number of aromatic nitrogens is 2. The van der Waals surface area contributed by atoms with Crippen LogP contribution in [0, 0.1) is 19.8 Å². The Hall–Kier alpha value is -1.99. The smallest absolute Gasteiger partial charge is 0.269 e. The summed E-state index contributed by atoms with van der Waals surface area (Å²) >= 11 is 7.14. The number of nitrogens with one attached hydrogen (secondary N) is 2. The molecule has 1 aromatic carbocycles. The van der Waals surface area contributed by atoms with E-state index < -0.39 is 5.91 Å². The molecule has 0 aliphatic carbocycles. The van der Waals surface area contributed by atoms with E-state index in [2.05, 4.69) is 34.3 Å². The highest BCUT2D eigenvalue weighted by atomic mass is 35.5. The van der Waals surface area contributed by atoms with Gasteiger partial charge in [-0.05, 0) is 44.0 Å². The molecule has 2 N–H and O–H groups in total. The van der Waals surface area contributed by atoms with Crippen molar-refractivity contribution < 1.29 is 9.59 Å². The van der Waals surface area contributed by atoms with Crippen molar-refractivity contribution in [2.45, 2.75) is 39.4 Å². The molecule has 2 amide bonds. The SMILES string of the molecule is Cc1nc(SCC(=O)NNC(=O)c2ccc(Cl)cc2)n(CC(C)C)c1C. The average Bonchev–Trinajstić information content (AvgIpc) is 2.85. The summed E-state index contributed by atoms with van der Waals surface area (Å²) in [6.45, 7) is 9.12. The van der Waals surface area contributed by atoms with Gasteiger partial charge in [0, 0.05) is 22.8 Å². The number of benzene rings is 1. The summed E-state index contributed by atoms with van der Waals surface area (Å²) in [7, 11) is 0. The Morgan fingerprint density at radius 3 is 2.46 bits per heavy atom. The van der Waals surface area contributed by atoms with E-state index in [1.807, 2.05) is 13.8 Å². The number of carbonyl (C=O) groups excluding carboxylic acids is 2. The van der Waals surface area contributed by atoms with Crippen molar-refractivity contribution in [3.8, 4) is 0 Å². The predicted octanol–water partition coefficient (Wildman–Crippen LogP) is 3.36. The second-order valence-electron chi connectivity index (χ2n) is 6.37. The second kappa shape index (κ2) is 9.09. The lowest BCUT2D eigenvalue weighted by molar-refractivity contribution is -0.119. The lowest BCUT2D eigenvalue weighted by Gasteiger charge is -2.12. The third-order valence-electron chi connectivity index (χ3n) is 3.72. The monoisotopic (exact) mass is 394 g/mol. The van der Waals surface area contributed by atoms with Gasteiger partial charge in [0.2, 0.25) is 5.91 Å². The molecule has 140 valence electrons. The van der Waals surface area contributed by atoms with Gasteiger partial charge in [-0.1, -0.05) is 37.2 Å². The first-order valence-electron chi connectivity index (χ1n) is 8.29. The van der Waals surface area contributed by atoms with Gasteiger partial charge in [-0.15, -0.1) is 0 Å². The van der Waals surface area contributed by atoms with E-state index in [9.17, 15) is 9.59 Å². The minimum atomic E-state index is -0.395. The Labute approximate surface area is 162 Å². The maximum Gasteiger partial charge on any atom is 0.269 e. The standard InChI is InChI=1S/C18H23ClN4O2S/c1-11(2)9-23-13(4)12(3)20-18(23)26-10-16(24)21-22-17(25)14-5-7-15(19)8-6-14/h5-8,11H,9-10H2,1-4H3,(H,21,24)(H,22,25). The minimum absolute atomic E-state index is 0.162. The van der Waals surface area contributed by atoms with Crippen LogP contribution in [0.25, 0.3) is 0 Å². The maximum atomic E-state index is 12.0. The van der Waals surface area contributed by atoms with E-state index >= 15 is 0 Å². The van der Waals surface area contributed by atoms with Crippen LogP contribution in [-0.4, -0.2) is 27.1 Å². The summed E-state index contributed by atoms with van der Waals surface area (Å²) < 4.78 is 2.13. The number of carbonyl (C=O) groups is 2. The molecular weight excluding hydrogens is 372 g/mol. The molecule has 2 rings (SSSR count). The lowest BCUT2D eigenvalue weighted by Crippen LogP contribution is -2.42. The van der Waals surface area contributed by atoms with Gasteiger partial charge in [-0.25, -0.2) is 4.98 Å². The number of hydrogen-bond donors (Lipinski definition) is 2. The van der Waals surface area contributed by atoms with Crippen molar-refractivity contribution in [3.05, 3.63) is 46.2 Å². The quantitative estimate of drug-likeness (QED) is 0.581. The first-order valence-corrected chi connectivity index (χ1v) is 9.65. The van der Waals surface area contributed by atoms with E-state index in [-0.39, 0.29) is 11.7 Å². The minimum Gasteiger partial charge on any atom is -0.323 e.